The number of hydrogen-bond acceptors (Lipinski definition) is 3. The number of halogens is 1. The average Bonchev–Trinajstić information content (AvgIpc) is 2.56. The standard InChI is InChI=1S/C20H20FNO4/c1-12-4-6-14(11-17(12)26-2)20(8-3-9-20)19(25)22-16-7-5-13(18(23)24)10-15(16)21/h4-7,10-11H,3,8-9H2,1-2H3,(H,22,25)(H,23,24). The summed E-state index contributed by atoms with van der Waals surface area (Å²) in [6.45, 7) is 1.93. The fourth-order valence-corrected chi connectivity index (χ4v) is 3.29. The topological polar surface area (TPSA) is 75.6 Å². The summed E-state index contributed by atoms with van der Waals surface area (Å²) in [5.41, 5.74) is 0.902. The Bertz CT molecular complexity index is 874. The number of aromatic carboxylic acids is 1. The number of carboxylic acids is 1. The highest BCUT2D eigenvalue weighted by Crippen LogP contribution is 2.46. The number of nitrogens with one attached hydrogen (secondary N) is 1. The zero-order valence-corrected chi connectivity index (χ0v) is 14.6. The first-order valence-electron chi connectivity index (χ1n) is 8.37. The van der Waals surface area contributed by atoms with Crippen LogP contribution in [0.5, 0.6) is 5.75 Å². The molecule has 0 spiro atoms. The van der Waals surface area contributed by atoms with Gasteiger partial charge in [-0.2, -0.15) is 0 Å². The van der Waals surface area contributed by atoms with E-state index in [4.69, 9.17) is 9.84 Å². The summed E-state index contributed by atoms with van der Waals surface area (Å²) in [6.07, 6.45) is 2.24. The minimum Gasteiger partial charge on any atom is -0.496 e. The number of amides is 1. The van der Waals surface area contributed by atoms with Crippen LogP contribution in [0.2, 0.25) is 0 Å². The first-order chi connectivity index (χ1) is 12.4. The van der Waals surface area contributed by atoms with Gasteiger partial charge in [0.2, 0.25) is 5.91 Å². The summed E-state index contributed by atoms with van der Waals surface area (Å²) in [4.78, 5) is 23.8. The largest absolute Gasteiger partial charge is 0.496 e. The monoisotopic (exact) mass is 357 g/mol. The molecule has 0 radical (unpaired) electrons. The summed E-state index contributed by atoms with van der Waals surface area (Å²) >= 11 is 0. The summed E-state index contributed by atoms with van der Waals surface area (Å²) in [6, 6.07) is 9.12. The Morgan fingerprint density at radius 3 is 2.46 bits per heavy atom. The fourth-order valence-electron chi connectivity index (χ4n) is 3.29. The lowest BCUT2D eigenvalue weighted by Crippen LogP contribution is -2.46. The van der Waals surface area contributed by atoms with Crippen LogP contribution in [0.1, 0.15) is 40.7 Å². The SMILES string of the molecule is COc1cc(C2(C(=O)Nc3ccc(C(=O)O)cc3F)CCC2)ccc1C. The molecule has 0 saturated heterocycles. The maximum Gasteiger partial charge on any atom is 0.335 e. The van der Waals surface area contributed by atoms with E-state index in [9.17, 15) is 14.0 Å². The van der Waals surface area contributed by atoms with Gasteiger partial charge in [-0.05, 0) is 55.2 Å². The van der Waals surface area contributed by atoms with E-state index in [-0.39, 0.29) is 17.2 Å². The number of rotatable bonds is 5. The summed E-state index contributed by atoms with van der Waals surface area (Å²) in [5.74, 6) is -1.58. The molecule has 26 heavy (non-hydrogen) atoms. The van der Waals surface area contributed by atoms with Crippen molar-refractivity contribution in [1.82, 2.24) is 0 Å². The lowest BCUT2D eigenvalue weighted by molar-refractivity contribution is -0.124. The van der Waals surface area contributed by atoms with Crippen molar-refractivity contribution in [3.63, 3.8) is 0 Å². The molecule has 2 aromatic rings. The quantitative estimate of drug-likeness (QED) is 0.851. The second-order valence-corrected chi connectivity index (χ2v) is 6.57. The molecule has 1 saturated carbocycles. The van der Waals surface area contributed by atoms with Crippen molar-refractivity contribution >= 4 is 17.6 Å². The molecule has 2 aromatic carbocycles. The van der Waals surface area contributed by atoms with Crippen LogP contribution in [0.15, 0.2) is 36.4 Å². The first-order valence-corrected chi connectivity index (χ1v) is 8.37. The van der Waals surface area contributed by atoms with Crippen molar-refractivity contribution < 1.29 is 23.8 Å². The van der Waals surface area contributed by atoms with E-state index < -0.39 is 17.2 Å². The Morgan fingerprint density at radius 1 is 1.19 bits per heavy atom. The van der Waals surface area contributed by atoms with Crippen molar-refractivity contribution in [2.24, 2.45) is 0 Å². The summed E-state index contributed by atoms with van der Waals surface area (Å²) in [7, 11) is 1.58. The molecule has 0 aliphatic heterocycles. The Morgan fingerprint density at radius 2 is 1.92 bits per heavy atom. The molecule has 0 atom stereocenters. The van der Waals surface area contributed by atoms with Gasteiger partial charge in [-0.1, -0.05) is 18.6 Å². The number of benzene rings is 2. The van der Waals surface area contributed by atoms with Crippen LogP contribution in [0, 0.1) is 12.7 Å². The van der Waals surface area contributed by atoms with Crippen LogP contribution < -0.4 is 10.1 Å². The number of carboxylic acid groups (broad SMARTS) is 1. The van der Waals surface area contributed by atoms with E-state index in [1.807, 2.05) is 25.1 Å². The molecule has 1 aliphatic carbocycles. The minimum atomic E-state index is -1.22. The number of hydrogen-bond donors (Lipinski definition) is 2. The molecule has 0 unspecified atom stereocenters. The zero-order valence-electron chi connectivity index (χ0n) is 14.6. The molecule has 3 rings (SSSR count). The van der Waals surface area contributed by atoms with Crippen molar-refractivity contribution in [3.05, 3.63) is 58.9 Å². The van der Waals surface area contributed by atoms with Gasteiger partial charge >= 0.3 is 5.97 Å². The molecule has 0 bridgehead atoms. The van der Waals surface area contributed by atoms with Crippen LogP contribution in [0.3, 0.4) is 0 Å². The molecule has 0 aromatic heterocycles. The van der Waals surface area contributed by atoms with Gasteiger partial charge in [0.05, 0.1) is 23.8 Å². The molecular weight excluding hydrogens is 337 g/mol. The van der Waals surface area contributed by atoms with E-state index in [0.29, 0.717) is 18.6 Å². The van der Waals surface area contributed by atoms with Crippen molar-refractivity contribution in [1.29, 1.82) is 0 Å². The second-order valence-electron chi connectivity index (χ2n) is 6.57. The molecule has 1 fully saturated rings. The van der Waals surface area contributed by atoms with Gasteiger partial charge in [0, 0.05) is 0 Å². The smallest absolute Gasteiger partial charge is 0.335 e. The predicted octanol–water partition coefficient (Wildman–Crippen LogP) is 3.90. The number of carbonyl (C=O) groups excluding carboxylic acids is 1. The third kappa shape index (κ3) is 3.03. The number of methoxy groups -OCH3 is 1. The van der Waals surface area contributed by atoms with Gasteiger partial charge in [0.15, 0.2) is 0 Å². The van der Waals surface area contributed by atoms with Crippen molar-refractivity contribution in [2.45, 2.75) is 31.6 Å². The molecule has 6 heteroatoms. The average molecular weight is 357 g/mol. The second kappa shape index (κ2) is 6.78. The highest BCUT2D eigenvalue weighted by atomic mass is 19.1. The van der Waals surface area contributed by atoms with Crippen LogP contribution in [-0.4, -0.2) is 24.1 Å². The van der Waals surface area contributed by atoms with Crippen LogP contribution in [0.25, 0.3) is 0 Å². The Hall–Kier alpha value is -2.89. The predicted molar refractivity (Wildman–Crippen MR) is 95.2 cm³/mol. The number of anilines is 1. The minimum absolute atomic E-state index is 0.0228. The van der Waals surface area contributed by atoms with Gasteiger partial charge < -0.3 is 15.2 Å². The van der Waals surface area contributed by atoms with Gasteiger partial charge in [0.1, 0.15) is 11.6 Å². The van der Waals surface area contributed by atoms with E-state index in [1.165, 1.54) is 12.1 Å². The normalized spacial score (nSPS) is 15.0. The summed E-state index contributed by atoms with van der Waals surface area (Å²) < 4.78 is 19.5. The number of aryl methyl sites for hydroxylation is 1. The molecule has 2 N–H and O–H groups in total. The number of carbonyl (C=O) groups is 2. The molecule has 0 heterocycles. The molecule has 5 nitrogen and oxygen atoms in total. The molecule has 1 aliphatic rings. The molecule has 136 valence electrons. The Balaban J connectivity index is 1.89. The molecule has 1 amide bonds. The van der Waals surface area contributed by atoms with Crippen LogP contribution in [-0.2, 0) is 10.2 Å². The highest BCUT2D eigenvalue weighted by Gasteiger charge is 2.46. The van der Waals surface area contributed by atoms with E-state index >= 15 is 0 Å². The van der Waals surface area contributed by atoms with Gasteiger partial charge in [-0.15, -0.1) is 0 Å². The van der Waals surface area contributed by atoms with E-state index in [1.54, 1.807) is 7.11 Å². The zero-order chi connectivity index (χ0) is 18.9. The Kier molecular flexibility index (Phi) is 4.68. The Labute approximate surface area is 150 Å². The first kappa shape index (κ1) is 17.9. The lowest BCUT2D eigenvalue weighted by Gasteiger charge is -2.41. The third-order valence-electron chi connectivity index (χ3n) is 5.07. The maximum atomic E-state index is 14.2. The summed E-state index contributed by atoms with van der Waals surface area (Å²) in [5, 5.41) is 11.5. The third-order valence-corrected chi connectivity index (χ3v) is 5.07. The van der Waals surface area contributed by atoms with Crippen molar-refractivity contribution in [3.8, 4) is 5.75 Å². The van der Waals surface area contributed by atoms with E-state index in [0.717, 1.165) is 23.6 Å². The van der Waals surface area contributed by atoms with Crippen LogP contribution in [0.4, 0.5) is 10.1 Å². The fraction of sp³-hybridized carbons (Fsp3) is 0.300. The van der Waals surface area contributed by atoms with Crippen molar-refractivity contribution in [2.75, 3.05) is 12.4 Å². The highest BCUT2D eigenvalue weighted by molar-refractivity contribution is 6.00. The number of ether oxygens (including phenoxy) is 1. The maximum absolute atomic E-state index is 14.2. The molecular formula is C20H20FNO4. The van der Waals surface area contributed by atoms with Gasteiger partial charge in [-0.25, -0.2) is 9.18 Å². The van der Waals surface area contributed by atoms with E-state index in [2.05, 4.69) is 5.32 Å². The van der Waals surface area contributed by atoms with Gasteiger partial charge in [-0.3, -0.25) is 4.79 Å². The lowest BCUT2D eigenvalue weighted by atomic mass is 9.63. The van der Waals surface area contributed by atoms with Gasteiger partial charge in [0.25, 0.3) is 0 Å². The van der Waals surface area contributed by atoms with Crippen LogP contribution >= 0.6 is 0 Å².